The fourth-order valence-electron chi connectivity index (χ4n) is 0.382. The minimum Gasteiger partial charge on any atom is -0.480 e. The molecule has 0 bridgehead atoms. The number of carbonyl (C=O) groups is 2. The molecule has 4 nitrogen and oxygen atoms in total. The Balaban J connectivity index is 4.55. The Hall–Kier alpha value is -0.900. The number of nitrogens with two attached hydrogens (primary N) is 1. The highest BCUT2D eigenvalue weighted by Crippen LogP contribution is 2.14. The molecular formula is C6H11NO3. The predicted octanol–water partition coefficient (Wildman–Crippen LogP) is -0.375. The molecule has 0 aromatic heterocycles. The predicted molar refractivity (Wildman–Crippen MR) is 35.5 cm³/mol. The van der Waals surface area contributed by atoms with E-state index in [9.17, 15) is 9.59 Å². The highest BCUT2D eigenvalue weighted by atomic mass is 16.4. The molecule has 3 N–H and O–H groups in total. The number of aliphatic carboxylic acids is 1. The van der Waals surface area contributed by atoms with Crippen molar-refractivity contribution in [2.75, 3.05) is 6.54 Å². The molecule has 0 aliphatic heterocycles. The number of ketones is 1. The van der Waals surface area contributed by atoms with E-state index in [1.54, 1.807) is 0 Å². The average molecular weight is 145 g/mol. The molecule has 0 saturated heterocycles. The topological polar surface area (TPSA) is 80.4 Å². The Morgan fingerprint density at radius 2 is 2.00 bits per heavy atom. The summed E-state index contributed by atoms with van der Waals surface area (Å²) < 4.78 is 0. The van der Waals surface area contributed by atoms with Crippen molar-refractivity contribution in [3.05, 3.63) is 0 Å². The van der Waals surface area contributed by atoms with Crippen molar-refractivity contribution in [2.45, 2.75) is 13.8 Å². The van der Waals surface area contributed by atoms with Crippen molar-refractivity contribution in [3.63, 3.8) is 0 Å². The van der Waals surface area contributed by atoms with E-state index in [4.69, 9.17) is 10.8 Å². The molecule has 0 fully saturated rings. The summed E-state index contributed by atoms with van der Waals surface area (Å²) in [5.41, 5.74) is 3.70. The van der Waals surface area contributed by atoms with Crippen LogP contribution in [0.1, 0.15) is 13.8 Å². The summed E-state index contributed by atoms with van der Waals surface area (Å²) in [5.74, 6) is -1.58. The van der Waals surface area contributed by atoms with E-state index in [2.05, 4.69) is 0 Å². The zero-order valence-electron chi connectivity index (χ0n) is 6.05. The lowest BCUT2D eigenvalue weighted by molar-refractivity contribution is -0.152. The third-order valence-electron chi connectivity index (χ3n) is 1.66. The van der Waals surface area contributed by atoms with Gasteiger partial charge < -0.3 is 10.8 Å². The summed E-state index contributed by atoms with van der Waals surface area (Å²) in [4.78, 5) is 21.1. The minimum absolute atomic E-state index is 0.155. The third-order valence-corrected chi connectivity index (χ3v) is 1.66. The van der Waals surface area contributed by atoms with Crippen LogP contribution in [0.15, 0.2) is 0 Å². The maximum Gasteiger partial charge on any atom is 0.318 e. The third kappa shape index (κ3) is 1.33. The van der Waals surface area contributed by atoms with Gasteiger partial charge in [-0.15, -0.1) is 0 Å². The summed E-state index contributed by atoms with van der Waals surface area (Å²) in [7, 11) is 0. The zero-order valence-corrected chi connectivity index (χ0v) is 6.05. The van der Waals surface area contributed by atoms with E-state index in [-0.39, 0.29) is 6.54 Å². The molecule has 0 radical (unpaired) electrons. The van der Waals surface area contributed by atoms with Crippen LogP contribution in [0.2, 0.25) is 0 Å². The number of Topliss-reactive ketones (excluding diaryl/α,β-unsaturated/α-hetero) is 1. The van der Waals surface area contributed by atoms with Crippen molar-refractivity contribution in [1.29, 1.82) is 0 Å². The molecule has 0 aliphatic carbocycles. The van der Waals surface area contributed by atoms with E-state index in [0.717, 1.165) is 0 Å². The van der Waals surface area contributed by atoms with Gasteiger partial charge in [0, 0.05) is 6.54 Å². The van der Waals surface area contributed by atoms with E-state index in [0.29, 0.717) is 0 Å². The number of carboxylic acid groups (broad SMARTS) is 1. The molecule has 0 saturated carbocycles. The summed E-state index contributed by atoms with van der Waals surface area (Å²) in [6.07, 6.45) is 0. The first-order valence-electron chi connectivity index (χ1n) is 2.89. The molecule has 0 spiro atoms. The van der Waals surface area contributed by atoms with E-state index in [1.807, 2.05) is 0 Å². The summed E-state index contributed by atoms with van der Waals surface area (Å²) in [5, 5.41) is 8.50. The van der Waals surface area contributed by atoms with Crippen LogP contribution in [0.3, 0.4) is 0 Å². The quantitative estimate of drug-likeness (QED) is 0.531. The van der Waals surface area contributed by atoms with Gasteiger partial charge in [-0.05, 0) is 13.8 Å². The maximum atomic E-state index is 10.7. The van der Waals surface area contributed by atoms with Crippen molar-refractivity contribution in [1.82, 2.24) is 0 Å². The minimum atomic E-state index is -1.40. The average Bonchev–Trinajstić information content (AvgIpc) is 1.85. The van der Waals surface area contributed by atoms with Crippen LogP contribution in [0, 0.1) is 5.41 Å². The van der Waals surface area contributed by atoms with Gasteiger partial charge >= 0.3 is 5.97 Å². The van der Waals surface area contributed by atoms with Crippen molar-refractivity contribution < 1.29 is 14.7 Å². The van der Waals surface area contributed by atoms with Crippen molar-refractivity contribution in [3.8, 4) is 0 Å². The van der Waals surface area contributed by atoms with Crippen LogP contribution >= 0.6 is 0 Å². The van der Waals surface area contributed by atoms with Gasteiger partial charge in [0.2, 0.25) is 0 Å². The molecule has 1 unspecified atom stereocenters. The lowest BCUT2D eigenvalue weighted by Crippen LogP contribution is -2.41. The number of carbonyl (C=O) groups excluding carboxylic acids is 1. The van der Waals surface area contributed by atoms with Gasteiger partial charge in [-0.2, -0.15) is 0 Å². The SMILES string of the molecule is CC(=O)C(C)(CN)C(=O)O. The summed E-state index contributed by atoms with van der Waals surface area (Å²) in [6.45, 7) is 2.39. The fraction of sp³-hybridized carbons (Fsp3) is 0.667. The first-order valence-corrected chi connectivity index (χ1v) is 2.89. The molecule has 0 rings (SSSR count). The second-order valence-electron chi connectivity index (χ2n) is 2.40. The molecule has 58 valence electrons. The summed E-state index contributed by atoms with van der Waals surface area (Å²) >= 11 is 0. The number of hydrogen-bond acceptors (Lipinski definition) is 3. The van der Waals surface area contributed by atoms with Crippen LogP contribution in [0.5, 0.6) is 0 Å². The van der Waals surface area contributed by atoms with Crippen LogP contribution in [0.25, 0.3) is 0 Å². The normalized spacial score (nSPS) is 15.9. The second kappa shape index (κ2) is 2.79. The first-order chi connectivity index (χ1) is 4.45. The lowest BCUT2D eigenvalue weighted by Gasteiger charge is -2.17. The van der Waals surface area contributed by atoms with Gasteiger partial charge in [-0.25, -0.2) is 0 Å². The van der Waals surface area contributed by atoms with Crippen LogP contribution in [-0.4, -0.2) is 23.4 Å². The van der Waals surface area contributed by atoms with Crippen LogP contribution in [-0.2, 0) is 9.59 Å². The Labute approximate surface area is 59.0 Å². The molecule has 1 atom stereocenters. The molecule has 0 aliphatic rings. The molecule has 0 aromatic rings. The van der Waals surface area contributed by atoms with Crippen molar-refractivity contribution >= 4 is 11.8 Å². The number of rotatable bonds is 3. The van der Waals surface area contributed by atoms with E-state index in [1.165, 1.54) is 13.8 Å². The largest absolute Gasteiger partial charge is 0.480 e. The van der Waals surface area contributed by atoms with E-state index < -0.39 is 17.2 Å². The molecule has 0 heterocycles. The van der Waals surface area contributed by atoms with E-state index >= 15 is 0 Å². The van der Waals surface area contributed by atoms with Gasteiger partial charge in [0.25, 0.3) is 0 Å². The second-order valence-corrected chi connectivity index (χ2v) is 2.40. The monoisotopic (exact) mass is 145 g/mol. The fourth-order valence-corrected chi connectivity index (χ4v) is 0.382. The Bertz CT molecular complexity index is 150. The van der Waals surface area contributed by atoms with Gasteiger partial charge in [0.1, 0.15) is 11.2 Å². The van der Waals surface area contributed by atoms with Gasteiger partial charge in [-0.3, -0.25) is 9.59 Å². The highest BCUT2D eigenvalue weighted by molar-refractivity contribution is 6.01. The number of carboxylic acids is 1. The number of hydrogen-bond donors (Lipinski definition) is 2. The summed E-state index contributed by atoms with van der Waals surface area (Å²) in [6, 6.07) is 0. The smallest absolute Gasteiger partial charge is 0.318 e. The first kappa shape index (κ1) is 9.10. The van der Waals surface area contributed by atoms with Gasteiger partial charge in [0.05, 0.1) is 0 Å². The van der Waals surface area contributed by atoms with Crippen molar-refractivity contribution in [2.24, 2.45) is 11.1 Å². The molecule has 0 amide bonds. The van der Waals surface area contributed by atoms with Gasteiger partial charge in [-0.1, -0.05) is 0 Å². The standard InChI is InChI=1S/C6H11NO3/c1-4(8)6(2,3-7)5(9)10/h3,7H2,1-2H3,(H,9,10). The Morgan fingerprint density at radius 1 is 1.60 bits per heavy atom. The van der Waals surface area contributed by atoms with Crippen LogP contribution in [0.4, 0.5) is 0 Å². The Morgan fingerprint density at radius 3 is 2.00 bits per heavy atom. The molecule has 4 heteroatoms. The maximum absolute atomic E-state index is 10.7. The zero-order chi connectivity index (χ0) is 8.36. The molecule has 0 aromatic carbocycles. The highest BCUT2D eigenvalue weighted by Gasteiger charge is 2.36. The van der Waals surface area contributed by atoms with Gasteiger partial charge in [0.15, 0.2) is 0 Å². The van der Waals surface area contributed by atoms with Crippen LogP contribution < -0.4 is 5.73 Å². The lowest BCUT2D eigenvalue weighted by atomic mass is 9.87. The molecular weight excluding hydrogens is 134 g/mol. The Kier molecular flexibility index (Phi) is 2.54. The molecule has 10 heavy (non-hydrogen) atoms.